The summed E-state index contributed by atoms with van der Waals surface area (Å²) in [7, 11) is 0. The molecule has 1 atom stereocenters. The number of rotatable bonds is 12. The maximum Gasteiger partial charge on any atom is 0.326 e. The maximum absolute atomic E-state index is 12.5. The number of aryl methyl sites for hydroxylation is 1. The Morgan fingerprint density at radius 2 is 1.82 bits per heavy atom. The minimum atomic E-state index is -0.957. The van der Waals surface area contributed by atoms with Gasteiger partial charge < -0.3 is 19.6 Å². The molecule has 1 heterocycles. The molecule has 200 valence electrons. The molecule has 1 aliphatic carbocycles. The van der Waals surface area contributed by atoms with Crippen molar-refractivity contribution in [3.8, 4) is 17.2 Å². The molecule has 2 aromatic carbocycles. The number of carboxylic acid groups (broad SMARTS) is 1. The summed E-state index contributed by atoms with van der Waals surface area (Å²) in [6.07, 6.45) is 7.68. The number of benzene rings is 2. The van der Waals surface area contributed by atoms with Gasteiger partial charge in [-0.2, -0.15) is 0 Å². The van der Waals surface area contributed by atoms with Gasteiger partial charge in [0, 0.05) is 36.1 Å². The molecule has 4 rings (SSSR count). The van der Waals surface area contributed by atoms with Crippen LogP contribution in [-0.2, 0) is 22.4 Å². The van der Waals surface area contributed by atoms with E-state index < -0.39 is 12.0 Å². The number of carboxylic acids is 1. The molecule has 3 aromatic rings. The van der Waals surface area contributed by atoms with Crippen molar-refractivity contribution in [1.29, 1.82) is 0 Å². The van der Waals surface area contributed by atoms with E-state index in [-0.39, 0.29) is 11.7 Å². The van der Waals surface area contributed by atoms with Crippen LogP contribution >= 0.6 is 0 Å². The lowest BCUT2D eigenvalue weighted by atomic mass is 9.86. The predicted octanol–water partition coefficient (Wildman–Crippen LogP) is 5.91. The van der Waals surface area contributed by atoms with E-state index in [2.05, 4.69) is 10.3 Å². The van der Waals surface area contributed by atoms with Crippen LogP contribution in [0.1, 0.15) is 56.0 Å². The van der Waals surface area contributed by atoms with Gasteiger partial charge in [0.25, 0.3) is 0 Å². The van der Waals surface area contributed by atoms with E-state index in [4.69, 9.17) is 9.15 Å². The van der Waals surface area contributed by atoms with Gasteiger partial charge in [0.15, 0.2) is 5.78 Å². The van der Waals surface area contributed by atoms with Crippen LogP contribution in [0, 0.1) is 12.8 Å². The highest BCUT2D eigenvalue weighted by Gasteiger charge is 2.21. The first-order valence-electron chi connectivity index (χ1n) is 13.3. The summed E-state index contributed by atoms with van der Waals surface area (Å²) in [5, 5.41) is 12.7. The van der Waals surface area contributed by atoms with Crippen LogP contribution in [-0.4, -0.2) is 34.5 Å². The number of carbonyl (C=O) groups excluding carboxylic acids is 1. The van der Waals surface area contributed by atoms with E-state index in [0.29, 0.717) is 36.8 Å². The maximum atomic E-state index is 12.5. The minimum Gasteiger partial charge on any atom is -0.493 e. The Balaban J connectivity index is 1.28. The molecule has 7 nitrogen and oxygen atoms in total. The normalized spacial score (nSPS) is 15.2. The third-order valence-corrected chi connectivity index (χ3v) is 6.95. The summed E-state index contributed by atoms with van der Waals surface area (Å²) in [5.74, 6) is 1.29. The van der Waals surface area contributed by atoms with Gasteiger partial charge in [-0.1, -0.05) is 49.6 Å². The van der Waals surface area contributed by atoms with E-state index >= 15 is 0 Å². The molecule has 1 saturated carbocycles. The number of allylic oxidation sites excluding steroid dienone is 2. The van der Waals surface area contributed by atoms with Crippen LogP contribution in [0.15, 0.2) is 70.8 Å². The number of aliphatic carboxylic acids is 1. The Morgan fingerprint density at radius 1 is 1.11 bits per heavy atom. The van der Waals surface area contributed by atoms with E-state index in [1.165, 1.54) is 6.42 Å². The first-order valence-corrected chi connectivity index (χ1v) is 13.3. The third-order valence-electron chi connectivity index (χ3n) is 6.95. The topological polar surface area (TPSA) is 102 Å². The Kier molecular flexibility index (Phi) is 9.35. The molecule has 38 heavy (non-hydrogen) atoms. The molecule has 0 aliphatic heterocycles. The summed E-state index contributed by atoms with van der Waals surface area (Å²) in [4.78, 5) is 29.0. The van der Waals surface area contributed by atoms with Crippen molar-refractivity contribution in [2.24, 2.45) is 5.92 Å². The number of hydrogen-bond acceptors (Lipinski definition) is 6. The highest BCUT2D eigenvalue weighted by Crippen LogP contribution is 2.25. The molecule has 2 N–H and O–H groups in total. The van der Waals surface area contributed by atoms with Gasteiger partial charge in [-0.3, -0.25) is 4.79 Å². The van der Waals surface area contributed by atoms with Crippen LogP contribution in [0.2, 0.25) is 0 Å². The molecular weight excluding hydrogens is 480 g/mol. The first kappa shape index (κ1) is 27.2. The summed E-state index contributed by atoms with van der Waals surface area (Å²) >= 11 is 0. The van der Waals surface area contributed by atoms with Crippen LogP contribution in [0.4, 0.5) is 0 Å². The number of aromatic nitrogens is 1. The van der Waals surface area contributed by atoms with E-state index in [1.54, 1.807) is 13.0 Å². The minimum absolute atomic E-state index is 0.0652. The molecule has 1 aromatic heterocycles. The largest absolute Gasteiger partial charge is 0.493 e. The molecule has 1 aliphatic rings. The van der Waals surface area contributed by atoms with Crippen LogP contribution in [0.25, 0.3) is 11.5 Å². The predicted molar refractivity (Wildman–Crippen MR) is 146 cm³/mol. The number of oxazole rings is 1. The molecular formula is C31H36N2O5. The second-order valence-corrected chi connectivity index (χ2v) is 9.93. The van der Waals surface area contributed by atoms with Crippen LogP contribution in [0.3, 0.4) is 0 Å². The van der Waals surface area contributed by atoms with Gasteiger partial charge in [0.1, 0.15) is 17.6 Å². The second-order valence-electron chi connectivity index (χ2n) is 9.93. The van der Waals surface area contributed by atoms with Crippen molar-refractivity contribution >= 4 is 11.8 Å². The number of carbonyl (C=O) groups is 2. The smallest absolute Gasteiger partial charge is 0.326 e. The highest BCUT2D eigenvalue weighted by atomic mass is 16.5. The van der Waals surface area contributed by atoms with E-state index in [9.17, 15) is 14.7 Å². The number of nitrogens with zero attached hydrogens (tertiary/aromatic N) is 1. The van der Waals surface area contributed by atoms with Crippen molar-refractivity contribution < 1.29 is 23.8 Å². The molecule has 0 radical (unpaired) electrons. The Bertz CT molecular complexity index is 1240. The highest BCUT2D eigenvalue weighted by molar-refractivity contribution is 5.92. The average Bonchev–Trinajstić information content (AvgIpc) is 3.30. The second kappa shape index (κ2) is 13.1. The van der Waals surface area contributed by atoms with Gasteiger partial charge in [0.2, 0.25) is 5.89 Å². The van der Waals surface area contributed by atoms with Crippen molar-refractivity contribution in [3.05, 3.63) is 83.4 Å². The Morgan fingerprint density at radius 3 is 2.50 bits per heavy atom. The first-order chi connectivity index (χ1) is 18.4. The Labute approximate surface area is 223 Å². The fraction of sp³-hybridized carbons (Fsp3) is 0.387. The van der Waals surface area contributed by atoms with Crippen LogP contribution in [0.5, 0.6) is 5.75 Å². The molecule has 0 saturated heterocycles. The van der Waals surface area contributed by atoms with Crippen molar-refractivity contribution in [2.45, 2.75) is 64.8 Å². The molecule has 0 spiro atoms. The molecule has 0 unspecified atom stereocenters. The van der Waals surface area contributed by atoms with E-state index in [0.717, 1.165) is 48.3 Å². The van der Waals surface area contributed by atoms with E-state index in [1.807, 2.05) is 61.5 Å². The summed E-state index contributed by atoms with van der Waals surface area (Å²) in [6, 6.07) is 16.4. The lowest BCUT2D eigenvalue weighted by molar-refractivity contribution is -0.139. The third kappa shape index (κ3) is 7.57. The van der Waals surface area contributed by atoms with Crippen molar-refractivity contribution in [1.82, 2.24) is 10.3 Å². The van der Waals surface area contributed by atoms with Gasteiger partial charge in [0.05, 0.1) is 12.3 Å². The van der Waals surface area contributed by atoms with Gasteiger partial charge in [-0.25, -0.2) is 9.78 Å². The van der Waals surface area contributed by atoms with Gasteiger partial charge in [-0.15, -0.1) is 0 Å². The zero-order chi connectivity index (χ0) is 26.9. The fourth-order valence-electron chi connectivity index (χ4n) is 4.82. The SMILES string of the molecule is C/C(=C\C(=O)C1CCCCC1)N[C@@H](Cc1ccc(OCCc2nc(-c3ccccc3)oc2C)cc1)C(=O)O. The Hall–Kier alpha value is -3.87. The van der Waals surface area contributed by atoms with Crippen LogP contribution < -0.4 is 10.1 Å². The molecule has 0 bridgehead atoms. The monoisotopic (exact) mass is 516 g/mol. The number of ketones is 1. The zero-order valence-electron chi connectivity index (χ0n) is 22.1. The summed E-state index contributed by atoms with van der Waals surface area (Å²) in [5.41, 5.74) is 3.25. The van der Waals surface area contributed by atoms with Crippen molar-refractivity contribution in [2.75, 3.05) is 6.61 Å². The molecule has 0 amide bonds. The lowest BCUT2D eigenvalue weighted by Gasteiger charge is -2.20. The quantitative estimate of drug-likeness (QED) is 0.289. The summed E-state index contributed by atoms with van der Waals surface area (Å²) < 4.78 is 11.7. The van der Waals surface area contributed by atoms with Gasteiger partial charge >= 0.3 is 5.97 Å². The summed E-state index contributed by atoms with van der Waals surface area (Å²) in [6.45, 7) is 4.10. The molecule has 1 fully saturated rings. The fourth-order valence-corrected chi connectivity index (χ4v) is 4.82. The lowest BCUT2D eigenvalue weighted by Crippen LogP contribution is -2.37. The number of nitrogens with one attached hydrogen (secondary N) is 1. The van der Waals surface area contributed by atoms with Gasteiger partial charge in [-0.05, 0) is 56.5 Å². The zero-order valence-corrected chi connectivity index (χ0v) is 22.1. The average molecular weight is 517 g/mol. The molecule has 7 heteroatoms. The van der Waals surface area contributed by atoms with Crippen molar-refractivity contribution in [3.63, 3.8) is 0 Å². The standard InChI is InChI=1S/C31H36N2O5/c1-21(19-29(34)24-9-5-3-6-10-24)32-28(31(35)36)20-23-13-15-26(16-14-23)37-18-17-27-22(2)38-30(33-27)25-11-7-4-8-12-25/h4,7-8,11-16,19,24,28,32H,3,5-6,9-10,17-18,20H2,1-2H3,(H,35,36)/b21-19+/t28-/m0/s1. The number of hydrogen-bond donors (Lipinski definition) is 2. The number of ether oxygens (including phenoxy) is 1.